The van der Waals surface area contributed by atoms with E-state index in [1.807, 2.05) is 0 Å². The van der Waals surface area contributed by atoms with E-state index in [0.29, 0.717) is 17.4 Å². The zero-order chi connectivity index (χ0) is 35.1. The number of hydrogen-bond donors (Lipinski definition) is 1. The average molecular weight is 698 g/mol. The highest BCUT2D eigenvalue weighted by Crippen LogP contribution is 2.47. The Morgan fingerprint density at radius 1 is 1.07 bits per heavy atom. The van der Waals surface area contributed by atoms with E-state index in [2.05, 4.69) is 18.7 Å². The second-order valence-electron chi connectivity index (χ2n) is 13.0. The number of carbonyl (C=O) groups is 2. The van der Waals surface area contributed by atoms with E-state index in [1.54, 1.807) is 37.3 Å². The summed E-state index contributed by atoms with van der Waals surface area (Å²) in [5.74, 6) is -1.84. The van der Waals surface area contributed by atoms with Gasteiger partial charge in [-0.15, -0.1) is 0 Å². The van der Waals surface area contributed by atoms with Crippen molar-refractivity contribution in [2.45, 2.75) is 101 Å². The van der Waals surface area contributed by atoms with Crippen LogP contribution >= 0.6 is 24.0 Å². The minimum atomic E-state index is -6.01. The van der Waals surface area contributed by atoms with Crippen LogP contribution in [-0.4, -0.2) is 62.7 Å². The number of thioether (sulfide) groups is 1. The summed E-state index contributed by atoms with van der Waals surface area (Å²) in [4.78, 5) is 29.8. The molecule has 6 atom stereocenters. The molecule has 0 aromatic heterocycles. The van der Waals surface area contributed by atoms with E-state index in [-0.39, 0.29) is 36.0 Å². The van der Waals surface area contributed by atoms with Gasteiger partial charge >= 0.3 is 24.3 Å². The molecule has 1 aromatic carbocycles. The minimum absolute atomic E-state index is 0.00802. The van der Waals surface area contributed by atoms with Crippen molar-refractivity contribution in [1.82, 2.24) is 0 Å². The number of thiocarbonyl (C=S) groups is 1. The van der Waals surface area contributed by atoms with Crippen LogP contribution in [0.25, 0.3) is 4.85 Å². The van der Waals surface area contributed by atoms with Crippen LogP contribution in [-0.2, 0) is 19.1 Å². The van der Waals surface area contributed by atoms with Gasteiger partial charge in [0, 0.05) is 19.8 Å². The number of ether oxygens (including phenoxy) is 2. The van der Waals surface area contributed by atoms with Gasteiger partial charge in [-0.3, -0.25) is 9.59 Å². The summed E-state index contributed by atoms with van der Waals surface area (Å²) in [5, 5.41) is 9.56. The summed E-state index contributed by atoms with van der Waals surface area (Å²) in [7, 11) is 0. The zero-order valence-electron chi connectivity index (χ0n) is 26.5. The molecule has 0 heterocycles. The summed E-state index contributed by atoms with van der Waals surface area (Å²) in [6, 6.07) is 8.55. The Labute approximate surface area is 275 Å². The summed E-state index contributed by atoms with van der Waals surface area (Å²) >= 11 is 6.41. The molecule has 258 valence electrons. The molecule has 6 nitrogen and oxygen atoms in total. The molecule has 0 radical (unpaired) electrons. The molecule has 6 unspecified atom stereocenters. The van der Waals surface area contributed by atoms with Crippen molar-refractivity contribution >= 4 is 40.1 Å². The number of halogens is 6. The summed E-state index contributed by atoms with van der Waals surface area (Å²) in [6.07, 6.45) is -12.1. The lowest BCUT2D eigenvalue weighted by atomic mass is 9.86. The van der Waals surface area contributed by atoms with Crippen molar-refractivity contribution in [3.63, 3.8) is 0 Å². The molecule has 1 aromatic rings. The van der Waals surface area contributed by atoms with E-state index in [1.165, 1.54) is 6.92 Å². The third-order valence-electron chi connectivity index (χ3n) is 8.44. The molecular weight excluding hydrogens is 656 g/mol. The maximum Gasteiger partial charge on any atom is 0.426 e. The predicted octanol–water partition coefficient (Wildman–Crippen LogP) is 8.35. The zero-order valence-corrected chi connectivity index (χ0v) is 28.1. The topological polar surface area (TPSA) is 77.2 Å². The average Bonchev–Trinajstić information content (AvgIpc) is 3.29. The van der Waals surface area contributed by atoms with Crippen molar-refractivity contribution in [2.75, 3.05) is 13.2 Å². The Bertz CT molecular complexity index is 1240. The maximum atomic E-state index is 13.5. The molecule has 1 N–H and O–H groups in total. The van der Waals surface area contributed by atoms with Gasteiger partial charge in [-0.2, -0.15) is 26.3 Å². The lowest BCUT2D eigenvalue weighted by molar-refractivity contribution is -0.372. The summed E-state index contributed by atoms with van der Waals surface area (Å²) in [6.45, 7) is 15.5. The first-order chi connectivity index (χ1) is 21.1. The Hall–Kier alpha value is -2.37. The minimum Gasteiger partial charge on any atom is -0.465 e. The number of aliphatic hydroxyl groups is 1. The van der Waals surface area contributed by atoms with Gasteiger partial charge in [-0.25, -0.2) is 6.57 Å². The van der Waals surface area contributed by atoms with E-state index in [4.69, 9.17) is 28.3 Å². The molecule has 0 bridgehead atoms. The van der Waals surface area contributed by atoms with Crippen LogP contribution in [0.15, 0.2) is 30.3 Å². The number of rotatable bonds is 14. The van der Waals surface area contributed by atoms with E-state index >= 15 is 0 Å². The highest BCUT2D eigenvalue weighted by molar-refractivity contribution is 8.25. The van der Waals surface area contributed by atoms with Crippen LogP contribution in [0.4, 0.5) is 26.3 Å². The number of esters is 2. The van der Waals surface area contributed by atoms with E-state index in [0.717, 1.165) is 31.5 Å². The Morgan fingerprint density at radius 3 is 2.15 bits per heavy atom. The molecule has 2 rings (SSSR count). The highest BCUT2D eigenvalue weighted by Gasteiger charge is 2.70. The highest BCUT2D eigenvalue weighted by atomic mass is 32.2. The van der Waals surface area contributed by atoms with Gasteiger partial charge < -0.3 is 19.4 Å². The van der Waals surface area contributed by atoms with Crippen LogP contribution in [0.2, 0.25) is 0 Å². The van der Waals surface area contributed by atoms with Gasteiger partial charge in [-0.05, 0) is 49.0 Å². The fourth-order valence-corrected chi connectivity index (χ4v) is 7.65. The number of alkyl halides is 6. The van der Waals surface area contributed by atoms with Gasteiger partial charge in [0.15, 0.2) is 0 Å². The molecule has 1 aliphatic carbocycles. The molecule has 0 amide bonds. The number of carbonyl (C=O) groups excluding carboxylic acids is 2. The van der Waals surface area contributed by atoms with Crippen LogP contribution in [0.1, 0.15) is 78.7 Å². The quantitative estimate of drug-likeness (QED) is 0.0907. The second kappa shape index (κ2) is 15.7. The monoisotopic (exact) mass is 697 g/mol. The Morgan fingerprint density at radius 2 is 1.65 bits per heavy atom. The number of benzene rings is 1. The lowest BCUT2D eigenvalue weighted by Crippen LogP contribution is -2.57. The molecular formula is C32H41F6NO5S2. The van der Waals surface area contributed by atoms with Gasteiger partial charge in [0.1, 0.15) is 4.75 Å². The predicted molar refractivity (Wildman–Crippen MR) is 167 cm³/mol. The summed E-state index contributed by atoms with van der Waals surface area (Å²) < 4.78 is 88.6. The normalized spacial score (nSPS) is 22.2. The van der Waals surface area contributed by atoms with Crippen molar-refractivity contribution in [3.8, 4) is 0 Å². The SMILES string of the molecule is [C-]#[N+]C(C)(CCC(=O)OCC1CC(C)CC1C)CC(C)(SC(=S)c1ccccc1)C(=O)OCC(C)CC(O)(C(F)(F)F)C(F)(F)F. The first kappa shape index (κ1) is 39.8. The molecule has 46 heavy (non-hydrogen) atoms. The van der Waals surface area contributed by atoms with Crippen molar-refractivity contribution in [1.29, 1.82) is 0 Å². The van der Waals surface area contributed by atoms with Crippen LogP contribution in [0.3, 0.4) is 0 Å². The molecule has 0 saturated heterocycles. The molecule has 0 spiro atoms. The van der Waals surface area contributed by atoms with E-state index < -0.39 is 59.1 Å². The maximum absolute atomic E-state index is 13.5. The number of nitrogens with zero attached hydrogens (tertiary/aromatic N) is 1. The largest absolute Gasteiger partial charge is 0.465 e. The van der Waals surface area contributed by atoms with Gasteiger partial charge in [0.25, 0.3) is 5.60 Å². The Balaban J connectivity index is 2.19. The van der Waals surface area contributed by atoms with Crippen LogP contribution in [0.5, 0.6) is 0 Å². The van der Waals surface area contributed by atoms with E-state index in [9.17, 15) is 41.0 Å². The molecule has 1 aliphatic rings. The summed E-state index contributed by atoms with van der Waals surface area (Å²) in [5.41, 5.74) is -5.75. The third-order valence-corrected chi connectivity index (χ3v) is 10.1. The smallest absolute Gasteiger partial charge is 0.426 e. The van der Waals surface area contributed by atoms with Crippen molar-refractivity contribution in [2.24, 2.45) is 23.7 Å². The molecule has 0 aliphatic heterocycles. The Kier molecular flexibility index (Phi) is 13.6. The fourth-order valence-electron chi connectivity index (χ4n) is 5.77. The molecule has 1 saturated carbocycles. The lowest BCUT2D eigenvalue weighted by Gasteiger charge is -2.35. The number of hydrogen-bond acceptors (Lipinski definition) is 7. The molecule has 1 fully saturated rings. The van der Waals surface area contributed by atoms with Crippen LogP contribution in [0, 0.1) is 30.2 Å². The second-order valence-corrected chi connectivity index (χ2v) is 15.2. The molecule has 14 heteroatoms. The standard InChI is InChI=1S/C32H41F6NO5S2/c1-20-14-22(3)24(15-20)18-43-25(40)12-13-28(4,39-6)19-29(5,46-26(45)23-10-8-7-9-11-23)27(41)44-17-21(2)16-30(42,31(33,34)35)32(36,37)38/h7-11,20-22,24,42H,12-19H2,1-5H3. The first-order valence-corrected chi connectivity index (χ1v) is 16.1. The van der Waals surface area contributed by atoms with Gasteiger partial charge in [0.2, 0.25) is 5.54 Å². The van der Waals surface area contributed by atoms with Gasteiger partial charge in [0.05, 0.1) is 30.3 Å². The fraction of sp³-hybridized carbons (Fsp3) is 0.688. The van der Waals surface area contributed by atoms with Crippen molar-refractivity contribution in [3.05, 3.63) is 47.3 Å². The first-order valence-electron chi connectivity index (χ1n) is 14.9. The van der Waals surface area contributed by atoms with Crippen molar-refractivity contribution < 1.29 is 50.5 Å². The third kappa shape index (κ3) is 10.6. The van der Waals surface area contributed by atoms with Gasteiger partial charge in [-0.1, -0.05) is 75.1 Å². The van der Waals surface area contributed by atoms with Crippen LogP contribution < -0.4 is 0 Å².